The van der Waals surface area contributed by atoms with Crippen LogP contribution in [-0.4, -0.2) is 4.98 Å². The first-order valence-corrected chi connectivity index (χ1v) is 11.7. The van der Waals surface area contributed by atoms with Gasteiger partial charge in [0.1, 0.15) is 17.2 Å². The number of benzene rings is 3. The van der Waals surface area contributed by atoms with Crippen molar-refractivity contribution in [3.63, 3.8) is 0 Å². The number of hydrogen-bond donors (Lipinski definition) is 1. The first-order valence-electron chi connectivity index (χ1n) is 11.3. The zero-order valence-corrected chi connectivity index (χ0v) is 20.4. The van der Waals surface area contributed by atoms with Crippen LogP contribution >= 0.6 is 11.6 Å². The average Bonchev–Trinajstić information content (AvgIpc) is 2.83. The van der Waals surface area contributed by atoms with Crippen molar-refractivity contribution in [2.75, 3.05) is 5.43 Å². The average molecular weight is 468 g/mol. The van der Waals surface area contributed by atoms with E-state index in [4.69, 9.17) is 21.1 Å². The Kier molecular flexibility index (Phi) is 5.62. The van der Waals surface area contributed by atoms with Crippen molar-refractivity contribution in [3.05, 3.63) is 100 Å². The second kappa shape index (κ2) is 8.62. The van der Waals surface area contributed by atoms with E-state index in [0.29, 0.717) is 10.8 Å². The Labute approximate surface area is 203 Å². The summed E-state index contributed by atoms with van der Waals surface area (Å²) in [5.41, 5.74) is 8.06. The molecule has 0 saturated heterocycles. The summed E-state index contributed by atoms with van der Waals surface area (Å²) in [4.78, 5) is 4.66. The fourth-order valence-corrected chi connectivity index (χ4v) is 4.07. The monoisotopic (exact) mass is 467 g/mol. The maximum absolute atomic E-state index is 6.44. The molecule has 0 aliphatic carbocycles. The van der Waals surface area contributed by atoms with Crippen molar-refractivity contribution < 1.29 is 4.42 Å². The minimum Gasteiger partial charge on any atom is -0.456 e. The van der Waals surface area contributed by atoms with Gasteiger partial charge in [0.15, 0.2) is 0 Å². The second-order valence-corrected chi connectivity index (χ2v) is 9.94. The van der Waals surface area contributed by atoms with Crippen LogP contribution < -0.4 is 10.8 Å². The van der Waals surface area contributed by atoms with Gasteiger partial charge in [0, 0.05) is 27.4 Å². The van der Waals surface area contributed by atoms with Crippen molar-refractivity contribution in [3.8, 4) is 11.3 Å². The number of para-hydroxylation sites is 1. The highest BCUT2D eigenvalue weighted by molar-refractivity contribution is 6.32. The lowest BCUT2D eigenvalue weighted by Crippen LogP contribution is -2.10. The fraction of sp³-hybridized carbons (Fsp3) is 0.172. The van der Waals surface area contributed by atoms with E-state index in [1.165, 1.54) is 5.56 Å². The number of halogens is 1. The molecule has 170 valence electrons. The van der Waals surface area contributed by atoms with Crippen LogP contribution in [0.4, 0.5) is 5.82 Å². The maximum Gasteiger partial charge on any atom is 0.146 e. The standard InChI is InChI=1S/C29H26ClN3O/c1-18-15-27-22(16-23(18)30)25(32-33-28-14-11-19-7-5-6-8-24(19)31-28)17-26(34-27)20-9-12-21(13-10-20)29(2,3)4/h5-17H,1-4H3,(H,31,33)/b32-25+. The lowest BCUT2D eigenvalue weighted by Gasteiger charge is -2.19. The van der Waals surface area contributed by atoms with Crippen LogP contribution in [0.2, 0.25) is 5.02 Å². The van der Waals surface area contributed by atoms with Crippen molar-refractivity contribution in [1.82, 2.24) is 4.98 Å². The minimum absolute atomic E-state index is 0.0875. The Morgan fingerprint density at radius 1 is 0.912 bits per heavy atom. The minimum atomic E-state index is 0.0875. The van der Waals surface area contributed by atoms with Gasteiger partial charge in [-0.05, 0) is 53.8 Å². The Hall–Kier alpha value is -3.63. The predicted molar refractivity (Wildman–Crippen MR) is 141 cm³/mol. The zero-order chi connectivity index (χ0) is 23.9. The molecule has 0 radical (unpaired) electrons. The topological polar surface area (TPSA) is 50.4 Å². The predicted octanol–water partition coefficient (Wildman–Crippen LogP) is 7.84. The summed E-state index contributed by atoms with van der Waals surface area (Å²) in [7, 11) is 0. The molecule has 0 spiro atoms. The first kappa shape index (κ1) is 22.2. The molecule has 2 heterocycles. The van der Waals surface area contributed by atoms with E-state index in [1.807, 2.05) is 61.5 Å². The molecule has 5 rings (SSSR count). The summed E-state index contributed by atoms with van der Waals surface area (Å²) >= 11 is 6.44. The Bertz CT molecular complexity index is 1580. The normalized spacial score (nSPS) is 12.4. The molecule has 5 aromatic rings. The van der Waals surface area contributed by atoms with Gasteiger partial charge in [-0.2, -0.15) is 5.10 Å². The van der Waals surface area contributed by atoms with Gasteiger partial charge in [-0.25, -0.2) is 4.98 Å². The molecule has 1 N–H and O–H groups in total. The van der Waals surface area contributed by atoms with E-state index in [0.717, 1.165) is 44.1 Å². The van der Waals surface area contributed by atoms with Gasteiger partial charge >= 0.3 is 0 Å². The highest BCUT2D eigenvalue weighted by atomic mass is 35.5. The number of fused-ring (bicyclic) bond motifs is 2. The van der Waals surface area contributed by atoms with Gasteiger partial charge in [-0.15, -0.1) is 0 Å². The van der Waals surface area contributed by atoms with Gasteiger partial charge in [0.25, 0.3) is 0 Å². The van der Waals surface area contributed by atoms with Crippen LogP contribution in [0, 0.1) is 6.92 Å². The van der Waals surface area contributed by atoms with E-state index in [1.54, 1.807) is 0 Å². The molecule has 0 atom stereocenters. The quantitative estimate of drug-likeness (QED) is 0.275. The zero-order valence-electron chi connectivity index (χ0n) is 19.7. The summed E-state index contributed by atoms with van der Waals surface area (Å²) < 4.78 is 6.30. The largest absolute Gasteiger partial charge is 0.456 e. The van der Waals surface area contributed by atoms with Crippen molar-refractivity contribution in [2.45, 2.75) is 33.1 Å². The molecule has 0 saturated carbocycles. The van der Waals surface area contributed by atoms with Crippen LogP contribution in [0.1, 0.15) is 31.9 Å². The van der Waals surface area contributed by atoms with Crippen LogP contribution in [0.15, 0.2) is 88.4 Å². The molecule has 0 amide bonds. The second-order valence-electron chi connectivity index (χ2n) is 9.53. The van der Waals surface area contributed by atoms with E-state index in [9.17, 15) is 0 Å². The number of rotatable bonds is 3. The fourth-order valence-electron chi connectivity index (χ4n) is 3.90. The summed E-state index contributed by atoms with van der Waals surface area (Å²) in [5.74, 6) is 1.41. The van der Waals surface area contributed by atoms with Crippen LogP contribution in [0.25, 0.3) is 33.2 Å². The van der Waals surface area contributed by atoms with Crippen molar-refractivity contribution >= 4 is 39.3 Å². The Morgan fingerprint density at radius 3 is 2.44 bits per heavy atom. The lowest BCUT2D eigenvalue weighted by molar-refractivity contribution is 0.589. The molecule has 3 aromatic carbocycles. The SMILES string of the molecule is Cc1cc2oc(-c3ccc(C(C)(C)C)cc3)c/c(=N\Nc3ccc4ccccc4n3)c2cc1Cl. The number of nitrogens with zero attached hydrogens (tertiary/aromatic N) is 2. The molecule has 0 aliphatic heterocycles. The highest BCUT2D eigenvalue weighted by Crippen LogP contribution is 2.29. The number of hydrogen-bond acceptors (Lipinski definition) is 4. The molecule has 0 unspecified atom stereocenters. The van der Waals surface area contributed by atoms with Gasteiger partial charge in [-0.3, -0.25) is 5.43 Å². The molecule has 0 aliphatic rings. The van der Waals surface area contributed by atoms with E-state index in [2.05, 4.69) is 55.4 Å². The smallest absolute Gasteiger partial charge is 0.146 e. The van der Waals surface area contributed by atoms with E-state index in [-0.39, 0.29) is 5.41 Å². The lowest BCUT2D eigenvalue weighted by atomic mass is 9.86. The molecular formula is C29H26ClN3O. The van der Waals surface area contributed by atoms with Crippen molar-refractivity contribution in [1.29, 1.82) is 0 Å². The van der Waals surface area contributed by atoms with Crippen molar-refractivity contribution in [2.24, 2.45) is 5.10 Å². The third-order valence-electron chi connectivity index (χ3n) is 5.95. The molecule has 0 fully saturated rings. The van der Waals surface area contributed by atoms with Crippen LogP contribution in [0.5, 0.6) is 0 Å². The first-order chi connectivity index (χ1) is 16.3. The van der Waals surface area contributed by atoms with E-state index < -0.39 is 0 Å². The maximum atomic E-state index is 6.44. The highest BCUT2D eigenvalue weighted by Gasteiger charge is 2.14. The molecule has 0 bridgehead atoms. The Balaban J connectivity index is 1.62. The van der Waals surface area contributed by atoms with Crippen LogP contribution in [0.3, 0.4) is 0 Å². The van der Waals surface area contributed by atoms with Crippen LogP contribution in [-0.2, 0) is 5.41 Å². The van der Waals surface area contributed by atoms with Gasteiger partial charge < -0.3 is 4.42 Å². The molecule has 4 nitrogen and oxygen atoms in total. The third kappa shape index (κ3) is 4.42. The number of aryl methyl sites for hydroxylation is 1. The molecular weight excluding hydrogens is 442 g/mol. The molecule has 2 aromatic heterocycles. The van der Waals surface area contributed by atoms with E-state index >= 15 is 0 Å². The molecule has 5 heteroatoms. The van der Waals surface area contributed by atoms with Gasteiger partial charge in [0.2, 0.25) is 0 Å². The third-order valence-corrected chi connectivity index (χ3v) is 6.36. The summed E-state index contributed by atoms with van der Waals surface area (Å²) in [6.07, 6.45) is 0. The number of aromatic nitrogens is 1. The number of pyridine rings is 1. The van der Waals surface area contributed by atoms with Gasteiger partial charge in [0.05, 0.1) is 10.9 Å². The number of anilines is 1. The van der Waals surface area contributed by atoms with Gasteiger partial charge in [-0.1, -0.05) is 74.8 Å². The summed E-state index contributed by atoms with van der Waals surface area (Å²) in [6.45, 7) is 8.59. The Morgan fingerprint density at radius 2 is 1.68 bits per heavy atom. The summed E-state index contributed by atoms with van der Waals surface area (Å²) in [6, 6.07) is 26.2. The molecule has 34 heavy (non-hydrogen) atoms. The summed E-state index contributed by atoms with van der Waals surface area (Å²) in [5, 5.41) is 8.01. The number of nitrogens with one attached hydrogen (secondary N) is 1.